The van der Waals surface area contributed by atoms with Crippen LogP contribution in [0.25, 0.3) is 0 Å². The summed E-state index contributed by atoms with van der Waals surface area (Å²) < 4.78 is 62.3. The van der Waals surface area contributed by atoms with Gasteiger partial charge in [0.05, 0.1) is 11.7 Å². The zero-order valence-electron chi connectivity index (χ0n) is 17.5. The summed E-state index contributed by atoms with van der Waals surface area (Å²) in [7, 11) is -2.23. The van der Waals surface area contributed by atoms with Crippen LogP contribution >= 0.6 is 11.6 Å². The smallest absolute Gasteiger partial charge is 0.409 e. The minimum atomic E-state index is -4.54. The van der Waals surface area contributed by atoms with E-state index >= 15 is 0 Å². The van der Waals surface area contributed by atoms with Gasteiger partial charge in [-0.05, 0) is 43.1 Å². The summed E-state index contributed by atoms with van der Waals surface area (Å²) in [6, 6.07) is 6.21. The zero-order valence-corrected chi connectivity index (χ0v) is 19.2. The summed E-state index contributed by atoms with van der Waals surface area (Å²) in [4.78, 5) is 0. The van der Waals surface area contributed by atoms with E-state index in [9.17, 15) is 17.6 Å². The highest BCUT2D eigenvalue weighted by molar-refractivity contribution is 6.73. The van der Waals surface area contributed by atoms with Gasteiger partial charge in [-0.1, -0.05) is 51.3 Å². The Balaban J connectivity index is 2.34. The lowest BCUT2D eigenvalue weighted by Gasteiger charge is -2.35. The van der Waals surface area contributed by atoms with E-state index in [4.69, 9.17) is 16.0 Å². The first-order valence-corrected chi connectivity index (χ1v) is 13.4. The maximum atomic E-state index is 14.7. The summed E-state index contributed by atoms with van der Waals surface area (Å²) in [5.41, 5.74) is -2.10. The highest BCUT2D eigenvalue weighted by Gasteiger charge is 2.40. The van der Waals surface area contributed by atoms with E-state index in [1.54, 1.807) is 0 Å². The molecule has 2 nitrogen and oxygen atoms in total. The number of hydrogen-bond donors (Lipinski definition) is 1. The molecule has 2 rings (SSSR count). The molecule has 1 aromatic carbocycles. The van der Waals surface area contributed by atoms with Crippen LogP contribution < -0.4 is 5.32 Å². The highest BCUT2D eigenvalue weighted by atomic mass is 35.5. The van der Waals surface area contributed by atoms with Gasteiger partial charge in [0.15, 0.2) is 8.32 Å². The lowest BCUT2D eigenvalue weighted by atomic mass is 10.0. The fraction of sp³-hybridized carbons (Fsp3) is 0.714. The standard InChI is InChI=1S/C21H32ClF4NOSi/c1-4-29(5-2,6-3)28-18(14-27-15-20(23)12-7-8-13-20)19-16(21(24,25)26)10-9-11-17(19)22/h9-11,18,27H,4-8,12-15H2,1-3H3. The van der Waals surface area contributed by atoms with Crippen molar-refractivity contribution < 1.29 is 22.0 Å². The van der Waals surface area contributed by atoms with Crippen molar-refractivity contribution in [3.05, 3.63) is 34.3 Å². The minimum Gasteiger partial charge on any atom is -0.409 e. The summed E-state index contributed by atoms with van der Waals surface area (Å²) >= 11 is 6.26. The van der Waals surface area contributed by atoms with Crippen molar-refractivity contribution in [3.8, 4) is 0 Å². The molecule has 0 bridgehead atoms. The van der Waals surface area contributed by atoms with Gasteiger partial charge in [-0.15, -0.1) is 0 Å². The summed E-state index contributed by atoms with van der Waals surface area (Å²) in [5.74, 6) is 0. The normalized spacial score (nSPS) is 18.2. The van der Waals surface area contributed by atoms with Crippen LogP contribution in [0, 0.1) is 0 Å². The zero-order chi connectivity index (χ0) is 21.7. The fourth-order valence-corrected chi connectivity index (χ4v) is 7.33. The molecule has 0 saturated heterocycles. The lowest BCUT2D eigenvalue weighted by molar-refractivity contribution is -0.139. The van der Waals surface area contributed by atoms with Crippen molar-refractivity contribution in [2.45, 2.75) is 82.5 Å². The van der Waals surface area contributed by atoms with Gasteiger partial charge < -0.3 is 9.74 Å². The van der Waals surface area contributed by atoms with E-state index < -0.39 is 31.8 Å². The van der Waals surface area contributed by atoms with Gasteiger partial charge in [0.1, 0.15) is 5.67 Å². The molecule has 1 atom stereocenters. The van der Waals surface area contributed by atoms with Crippen molar-refractivity contribution in [1.82, 2.24) is 5.32 Å². The summed E-state index contributed by atoms with van der Waals surface area (Å²) in [6.07, 6.45) is -2.73. The quantitative estimate of drug-likeness (QED) is 0.296. The highest BCUT2D eigenvalue weighted by Crippen LogP contribution is 2.41. The second-order valence-electron chi connectivity index (χ2n) is 8.04. The number of benzene rings is 1. The third-order valence-electron chi connectivity index (χ3n) is 6.28. The summed E-state index contributed by atoms with van der Waals surface area (Å²) in [6.45, 7) is 6.30. The number of nitrogens with one attached hydrogen (secondary N) is 1. The predicted molar refractivity (Wildman–Crippen MR) is 113 cm³/mol. The van der Waals surface area contributed by atoms with Crippen LogP contribution in [0.1, 0.15) is 63.7 Å². The largest absolute Gasteiger partial charge is 0.416 e. The first-order chi connectivity index (χ1) is 13.6. The molecular weight excluding hydrogens is 422 g/mol. The Kier molecular flexibility index (Phi) is 8.59. The molecule has 1 fully saturated rings. The van der Waals surface area contributed by atoms with Crippen LogP contribution in [0.4, 0.5) is 17.6 Å². The number of hydrogen-bond acceptors (Lipinski definition) is 2. The van der Waals surface area contributed by atoms with Crippen LogP contribution in [0.3, 0.4) is 0 Å². The molecule has 1 saturated carbocycles. The Morgan fingerprint density at radius 3 is 2.24 bits per heavy atom. The van der Waals surface area contributed by atoms with E-state index in [-0.39, 0.29) is 23.7 Å². The molecule has 1 aliphatic rings. The molecule has 29 heavy (non-hydrogen) atoms. The Hall–Kier alpha value is -0.633. The maximum absolute atomic E-state index is 14.7. The van der Waals surface area contributed by atoms with Crippen LogP contribution in [0.2, 0.25) is 23.2 Å². The molecule has 1 N–H and O–H groups in total. The third-order valence-corrected chi connectivity index (χ3v) is 11.3. The summed E-state index contributed by atoms with van der Waals surface area (Å²) in [5, 5.41) is 3.10. The molecule has 0 aromatic heterocycles. The van der Waals surface area contributed by atoms with Crippen LogP contribution in [0.15, 0.2) is 18.2 Å². The van der Waals surface area contributed by atoms with Crippen molar-refractivity contribution in [1.29, 1.82) is 0 Å². The van der Waals surface area contributed by atoms with Crippen LogP contribution in [-0.4, -0.2) is 27.1 Å². The molecule has 1 unspecified atom stereocenters. The molecule has 0 amide bonds. The van der Waals surface area contributed by atoms with Gasteiger partial charge in [0.2, 0.25) is 0 Å². The molecule has 8 heteroatoms. The van der Waals surface area contributed by atoms with E-state index in [0.717, 1.165) is 37.0 Å². The van der Waals surface area contributed by atoms with Gasteiger partial charge >= 0.3 is 6.18 Å². The van der Waals surface area contributed by atoms with Crippen molar-refractivity contribution in [3.63, 3.8) is 0 Å². The molecule has 0 heterocycles. The Morgan fingerprint density at radius 1 is 1.14 bits per heavy atom. The average molecular weight is 454 g/mol. The number of alkyl halides is 4. The van der Waals surface area contributed by atoms with E-state index in [1.165, 1.54) is 12.1 Å². The van der Waals surface area contributed by atoms with E-state index in [0.29, 0.717) is 12.8 Å². The first kappa shape index (κ1) is 24.6. The monoisotopic (exact) mass is 453 g/mol. The maximum Gasteiger partial charge on any atom is 0.416 e. The number of rotatable bonds is 10. The second-order valence-corrected chi connectivity index (χ2v) is 13.2. The molecule has 0 radical (unpaired) electrons. The molecule has 0 spiro atoms. The Labute approximate surface area is 177 Å². The van der Waals surface area contributed by atoms with Gasteiger partial charge in [0, 0.05) is 23.7 Å². The fourth-order valence-electron chi connectivity index (χ4n) is 4.23. The van der Waals surface area contributed by atoms with E-state index in [2.05, 4.69) is 5.32 Å². The van der Waals surface area contributed by atoms with Gasteiger partial charge in [0.25, 0.3) is 0 Å². The SMILES string of the molecule is CC[Si](CC)(CC)OC(CNCC1(F)CCCC1)c1c(Cl)cccc1C(F)(F)F. The predicted octanol–water partition coefficient (Wildman–Crippen LogP) is 7.29. The van der Waals surface area contributed by atoms with Crippen molar-refractivity contribution in [2.24, 2.45) is 0 Å². The van der Waals surface area contributed by atoms with Gasteiger partial charge in [-0.2, -0.15) is 13.2 Å². The molecule has 1 aromatic rings. The average Bonchev–Trinajstić information content (AvgIpc) is 3.11. The van der Waals surface area contributed by atoms with Crippen LogP contribution in [-0.2, 0) is 10.6 Å². The van der Waals surface area contributed by atoms with Crippen molar-refractivity contribution in [2.75, 3.05) is 13.1 Å². The number of halogens is 5. The van der Waals surface area contributed by atoms with Gasteiger partial charge in [-0.25, -0.2) is 4.39 Å². The Morgan fingerprint density at radius 2 is 1.72 bits per heavy atom. The topological polar surface area (TPSA) is 21.3 Å². The molecule has 1 aliphatic carbocycles. The molecular formula is C21H32ClF4NOSi. The lowest BCUT2D eigenvalue weighted by Crippen LogP contribution is -2.42. The first-order valence-electron chi connectivity index (χ1n) is 10.5. The van der Waals surface area contributed by atoms with Crippen LogP contribution in [0.5, 0.6) is 0 Å². The van der Waals surface area contributed by atoms with Crippen molar-refractivity contribution >= 4 is 19.9 Å². The molecule has 0 aliphatic heterocycles. The third kappa shape index (κ3) is 6.18. The van der Waals surface area contributed by atoms with E-state index in [1.807, 2.05) is 20.8 Å². The van der Waals surface area contributed by atoms with Gasteiger partial charge in [-0.3, -0.25) is 0 Å². The molecule has 166 valence electrons. The second kappa shape index (κ2) is 10.1. The minimum absolute atomic E-state index is 0.0358. The Bertz CT molecular complexity index is 652.